The fourth-order valence-electron chi connectivity index (χ4n) is 3.10. The molecule has 2 amide bonds. The first kappa shape index (κ1) is 28.3. The molecule has 8 nitrogen and oxygen atoms in total. The van der Waals surface area contributed by atoms with E-state index in [2.05, 4.69) is 38.7 Å². The number of hydrogen-bond donors (Lipinski definition) is 2. The van der Waals surface area contributed by atoms with E-state index in [9.17, 15) is 14.4 Å². The lowest BCUT2D eigenvalue weighted by molar-refractivity contribution is -0.129. The molecular formula is C29H28BrN3O5. The van der Waals surface area contributed by atoms with Crippen molar-refractivity contribution in [3.63, 3.8) is 0 Å². The van der Waals surface area contributed by atoms with Gasteiger partial charge in [-0.1, -0.05) is 59.6 Å². The van der Waals surface area contributed by atoms with Gasteiger partial charge in [-0.3, -0.25) is 9.59 Å². The molecule has 196 valence electrons. The highest BCUT2D eigenvalue weighted by Crippen LogP contribution is 2.22. The summed E-state index contributed by atoms with van der Waals surface area (Å²) in [7, 11) is 0. The van der Waals surface area contributed by atoms with Crippen LogP contribution < -0.4 is 20.2 Å². The molecule has 0 unspecified atom stereocenters. The van der Waals surface area contributed by atoms with Crippen LogP contribution in [0.2, 0.25) is 0 Å². The number of hydrazone groups is 1. The van der Waals surface area contributed by atoms with Gasteiger partial charge in [-0.2, -0.15) is 5.10 Å². The summed E-state index contributed by atoms with van der Waals surface area (Å²) in [6.45, 7) is 2.44. The highest BCUT2D eigenvalue weighted by molar-refractivity contribution is 9.10. The van der Waals surface area contributed by atoms with Crippen LogP contribution in [0, 0.1) is 0 Å². The molecular weight excluding hydrogens is 550 g/mol. The number of rotatable bonds is 12. The van der Waals surface area contributed by atoms with Gasteiger partial charge in [0.1, 0.15) is 11.5 Å². The number of unbranched alkanes of at least 4 members (excludes halogenated alkanes) is 1. The molecule has 3 aromatic rings. The number of carbonyl (C=O) groups excluding carboxylic acids is 3. The summed E-state index contributed by atoms with van der Waals surface area (Å²) < 4.78 is 11.7. The highest BCUT2D eigenvalue weighted by atomic mass is 79.9. The Labute approximate surface area is 229 Å². The van der Waals surface area contributed by atoms with Gasteiger partial charge in [0.25, 0.3) is 11.8 Å². The van der Waals surface area contributed by atoms with Crippen LogP contribution in [-0.4, -0.2) is 37.1 Å². The lowest BCUT2D eigenvalue weighted by Crippen LogP contribution is -2.34. The molecule has 0 aliphatic heterocycles. The van der Waals surface area contributed by atoms with E-state index in [1.807, 2.05) is 30.3 Å². The standard InChI is InChI=1S/C29H28BrN3O5/c1-2-3-17-37-25-13-10-22(11-14-25)29(36)31-20-27(34)33-32-19-23-18-24(30)12-15-26(23)38-28(35)16-9-21-7-5-4-6-8-21/h4-16,18-19H,2-3,17,20H2,1H3,(H,31,36)(H,33,34). The summed E-state index contributed by atoms with van der Waals surface area (Å²) in [5.74, 6) is -0.517. The van der Waals surface area contributed by atoms with E-state index in [4.69, 9.17) is 9.47 Å². The number of nitrogens with one attached hydrogen (secondary N) is 2. The van der Waals surface area contributed by atoms with Crippen LogP contribution in [0.15, 0.2) is 88.4 Å². The minimum Gasteiger partial charge on any atom is -0.494 e. The Morgan fingerprint density at radius 2 is 1.76 bits per heavy atom. The summed E-state index contributed by atoms with van der Waals surface area (Å²) in [6, 6.07) is 21.1. The Kier molecular flexibility index (Phi) is 11.3. The highest BCUT2D eigenvalue weighted by Gasteiger charge is 2.09. The minimum absolute atomic E-state index is 0.268. The number of nitrogens with zero attached hydrogens (tertiary/aromatic N) is 1. The third-order valence-corrected chi connectivity index (χ3v) is 5.57. The summed E-state index contributed by atoms with van der Waals surface area (Å²) in [6.07, 6.45) is 6.33. The van der Waals surface area contributed by atoms with Crippen molar-refractivity contribution in [2.75, 3.05) is 13.2 Å². The monoisotopic (exact) mass is 577 g/mol. The average Bonchev–Trinajstić information content (AvgIpc) is 2.93. The van der Waals surface area contributed by atoms with Gasteiger partial charge in [0.05, 0.1) is 19.4 Å². The average molecular weight is 578 g/mol. The number of esters is 1. The minimum atomic E-state index is -0.557. The maximum Gasteiger partial charge on any atom is 0.336 e. The van der Waals surface area contributed by atoms with Gasteiger partial charge >= 0.3 is 5.97 Å². The summed E-state index contributed by atoms with van der Waals surface area (Å²) in [5, 5.41) is 6.46. The van der Waals surface area contributed by atoms with Gasteiger partial charge in [0.15, 0.2) is 0 Å². The van der Waals surface area contributed by atoms with E-state index in [1.165, 1.54) is 12.3 Å². The van der Waals surface area contributed by atoms with E-state index < -0.39 is 17.8 Å². The van der Waals surface area contributed by atoms with E-state index in [0.29, 0.717) is 23.5 Å². The van der Waals surface area contributed by atoms with Crippen molar-refractivity contribution >= 4 is 46.0 Å². The first-order chi connectivity index (χ1) is 18.4. The van der Waals surface area contributed by atoms with Gasteiger partial charge in [-0.25, -0.2) is 10.2 Å². The van der Waals surface area contributed by atoms with Gasteiger partial charge in [0, 0.05) is 21.7 Å². The Morgan fingerprint density at radius 1 is 1.00 bits per heavy atom. The first-order valence-corrected chi connectivity index (χ1v) is 12.8. The van der Waals surface area contributed by atoms with Crippen molar-refractivity contribution in [2.45, 2.75) is 19.8 Å². The third-order valence-electron chi connectivity index (χ3n) is 5.08. The van der Waals surface area contributed by atoms with Crippen LogP contribution in [0.5, 0.6) is 11.5 Å². The Balaban J connectivity index is 1.50. The van der Waals surface area contributed by atoms with Gasteiger partial charge in [0.2, 0.25) is 0 Å². The Bertz CT molecular complexity index is 1290. The Hall–Kier alpha value is -4.24. The molecule has 0 bridgehead atoms. The predicted octanol–water partition coefficient (Wildman–Crippen LogP) is 5.13. The molecule has 38 heavy (non-hydrogen) atoms. The zero-order valence-corrected chi connectivity index (χ0v) is 22.4. The number of benzene rings is 3. The molecule has 0 heterocycles. The number of halogens is 1. The molecule has 9 heteroatoms. The fourth-order valence-corrected chi connectivity index (χ4v) is 3.48. The topological polar surface area (TPSA) is 106 Å². The van der Waals surface area contributed by atoms with Crippen molar-refractivity contribution in [2.24, 2.45) is 5.10 Å². The van der Waals surface area contributed by atoms with E-state index in [-0.39, 0.29) is 12.3 Å². The Morgan fingerprint density at radius 3 is 2.50 bits per heavy atom. The zero-order chi connectivity index (χ0) is 27.2. The predicted molar refractivity (Wildman–Crippen MR) is 150 cm³/mol. The number of ether oxygens (including phenoxy) is 2. The molecule has 0 fully saturated rings. The van der Waals surface area contributed by atoms with Crippen molar-refractivity contribution in [3.05, 3.63) is 100 Å². The molecule has 0 aliphatic rings. The second-order valence-corrected chi connectivity index (χ2v) is 8.97. The van der Waals surface area contributed by atoms with Gasteiger partial charge < -0.3 is 14.8 Å². The number of carbonyl (C=O) groups is 3. The van der Waals surface area contributed by atoms with E-state index in [1.54, 1.807) is 48.5 Å². The van der Waals surface area contributed by atoms with Crippen LogP contribution in [0.3, 0.4) is 0 Å². The maximum atomic E-state index is 12.3. The van der Waals surface area contributed by atoms with Gasteiger partial charge in [-0.15, -0.1) is 0 Å². The second-order valence-electron chi connectivity index (χ2n) is 8.05. The second kappa shape index (κ2) is 15.1. The zero-order valence-electron chi connectivity index (χ0n) is 20.9. The maximum absolute atomic E-state index is 12.3. The molecule has 0 spiro atoms. The van der Waals surface area contributed by atoms with Crippen molar-refractivity contribution in [3.8, 4) is 11.5 Å². The lowest BCUT2D eigenvalue weighted by atomic mass is 10.2. The first-order valence-electron chi connectivity index (χ1n) is 12.0. The molecule has 3 aromatic carbocycles. The molecule has 0 aliphatic carbocycles. The summed E-state index contributed by atoms with van der Waals surface area (Å²) in [4.78, 5) is 36.7. The van der Waals surface area contributed by atoms with Crippen LogP contribution in [0.25, 0.3) is 6.08 Å². The van der Waals surface area contributed by atoms with Crippen LogP contribution in [0.1, 0.15) is 41.3 Å². The fraction of sp³-hybridized carbons (Fsp3) is 0.172. The molecule has 0 aromatic heterocycles. The van der Waals surface area contributed by atoms with Crippen LogP contribution >= 0.6 is 15.9 Å². The lowest BCUT2D eigenvalue weighted by Gasteiger charge is -2.08. The number of hydrogen-bond acceptors (Lipinski definition) is 6. The largest absolute Gasteiger partial charge is 0.494 e. The quantitative estimate of drug-likeness (QED) is 0.0775. The van der Waals surface area contributed by atoms with Crippen LogP contribution in [0.4, 0.5) is 0 Å². The molecule has 3 rings (SSSR count). The smallest absolute Gasteiger partial charge is 0.336 e. The van der Waals surface area contributed by atoms with Crippen molar-refractivity contribution in [1.29, 1.82) is 0 Å². The molecule has 0 saturated heterocycles. The van der Waals surface area contributed by atoms with E-state index >= 15 is 0 Å². The molecule has 0 saturated carbocycles. The normalized spacial score (nSPS) is 10.9. The molecule has 0 atom stereocenters. The third kappa shape index (κ3) is 9.67. The number of amides is 2. The summed E-state index contributed by atoms with van der Waals surface area (Å²) in [5.41, 5.74) is 4.09. The molecule has 2 N–H and O–H groups in total. The van der Waals surface area contributed by atoms with E-state index in [0.717, 1.165) is 22.9 Å². The van der Waals surface area contributed by atoms with Gasteiger partial charge in [-0.05, 0) is 60.5 Å². The van der Waals surface area contributed by atoms with Crippen LogP contribution in [-0.2, 0) is 9.59 Å². The summed E-state index contributed by atoms with van der Waals surface area (Å²) >= 11 is 3.37. The molecule has 0 radical (unpaired) electrons. The van der Waals surface area contributed by atoms with Crippen molar-refractivity contribution < 1.29 is 23.9 Å². The van der Waals surface area contributed by atoms with Crippen molar-refractivity contribution in [1.82, 2.24) is 10.7 Å². The SMILES string of the molecule is CCCCOc1ccc(C(=O)NCC(=O)NN=Cc2cc(Br)ccc2OC(=O)C=Cc2ccccc2)cc1.